The van der Waals surface area contributed by atoms with E-state index in [9.17, 15) is 0 Å². The predicted octanol–water partition coefficient (Wildman–Crippen LogP) is 1.42. The number of nitrogens with one attached hydrogen (secondary N) is 1. The van der Waals surface area contributed by atoms with Gasteiger partial charge in [0.1, 0.15) is 5.76 Å². The molecule has 0 radical (unpaired) electrons. The molecule has 1 N–H and O–H groups in total. The predicted molar refractivity (Wildman–Crippen MR) is 57.7 cm³/mol. The topological polar surface area (TPSA) is 43.6 Å². The van der Waals surface area contributed by atoms with Gasteiger partial charge in [0.15, 0.2) is 0 Å². The fourth-order valence-corrected chi connectivity index (χ4v) is 1.18. The molecular formula is C11H19NO3. The van der Waals surface area contributed by atoms with Crippen molar-refractivity contribution >= 4 is 0 Å². The molecule has 86 valence electrons. The van der Waals surface area contributed by atoms with Crippen molar-refractivity contribution in [3.63, 3.8) is 0 Å². The summed E-state index contributed by atoms with van der Waals surface area (Å²) in [7, 11) is 1.70. The van der Waals surface area contributed by atoms with Gasteiger partial charge in [-0.3, -0.25) is 0 Å². The number of rotatable bonds is 9. The van der Waals surface area contributed by atoms with E-state index in [2.05, 4.69) is 5.32 Å². The van der Waals surface area contributed by atoms with Gasteiger partial charge >= 0.3 is 0 Å². The minimum Gasteiger partial charge on any atom is -0.468 e. The summed E-state index contributed by atoms with van der Waals surface area (Å²) in [4.78, 5) is 0. The lowest BCUT2D eigenvalue weighted by atomic mass is 10.4. The Labute approximate surface area is 90.6 Å². The molecule has 0 atom stereocenters. The maximum atomic E-state index is 5.38. The van der Waals surface area contributed by atoms with E-state index in [-0.39, 0.29) is 0 Å². The van der Waals surface area contributed by atoms with Crippen LogP contribution in [0.5, 0.6) is 0 Å². The minimum atomic E-state index is 0.727. The fourth-order valence-electron chi connectivity index (χ4n) is 1.18. The third kappa shape index (κ3) is 6.28. The van der Waals surface area contributed by atoms with Gasteiger partial charge in [-0.1, -0.05) is 0 Å². The summed E-state index contributed by atoms with van der Waals surface area (Å²) in [5, 5.41) is 3.23. The Balaban J connectivity index is 1.81. The van der Waals surface area contributed by atoms with Crippen LogP contribution in [0.2, 0.25) is 0 Å². The zero-order valence-corrected chi connectivity index (χ0v) is 9.20. The molecule has 15 heavy (non-hydrogen) atoms. The lowest BCUT2D eigenvalue weighted by Gasteiger charge is -2.04. The van der Waals surface area contributed by atoms with Crippen LogP contribution in [-0.4, -0.2) is 33.5 Å². The molecule has 0 aliphatic heterocycles. The first kappa shape index (κ1) is 12.2. The summed E-state index contributed by atoms with van der Waals surface area (Å²) in [6.07, 6.45) is 2.63. The number of hydrogen-bond acceptors (Lipinski definition) is 4. The Kier molecular flexibility index (Phi) is 6.90. The summed E-state index contributed by atoms with van der Waals surface area (Å²) in [5.74, 6) is 0.953. The zero-order valence-electron chi connectivity index (χ0n) is 9.20. The van der Waals surface area contributed by atoms with Crippen LogP contribution < -0.4 is 5.32 Å². The second kappa shape index (κ2) is 8.47. The summed E-state index contributed by atoms with van der Waals surface area (Å²) < 4.78 is 15.5. The van der Waals surface area contributed by atoms with Crippen molar-refractivity contribution in [3.8, 4) is 0 Å². The molecular weight excluding hydrogens is 194 g/mol. The number of ether oxygens (including phenoxy) is 2. The van der Waals surface area contributed by atoms with Crippen LogP contribution >= 0.6 is 0 Å². The van der Waals surface area contributed by atoms with E-state index in [1.54, 1.807) is 13.4 Å². The van der Waals surface area contributed by atoms with Crippen LogP contribution in [0.25, 0.3) is 0 Å². The van der Waals surface area contributed by atoms with E-state index in [1.807, 2.05) is 12.1 Å². The lowest BCUT2D eigenvalue weighted by Crippen LogP contribution is -2.19. The molecule has 0 unspecified atom stereocenters. The van der Waals surface area contributed by atoms with Crippen molar-refractivity contribution in [2.24, 2.45) is 0 Å². The van der Waals surface area contributed by atoms with Gasteiger partial charge < -0.3 is 19.2 Å². The van der Waals surface area contributed by atoms with Crippen molar-refractivity contribution in [3.05, 3.63) is 24.2 Å². The SMILES string of the molecule is COCCCOCCNCc1ccco1. The van der Waals surface area contributed by atoms with E-state index in [0.29, 0.717) is 0 Å². The number of furan rings is 1. The van der Waals surface area contributed by atoms with Crippen molar-refractivity contribution in [2.45, 2.75) is 13.0 Å². The van der Waals surface area contributed by atoms with Gasteiger partial charge in [0.25, 0.3) is 0 Å². The van der Waals surface area contributed by atoms with Crippen LogP contribution in [-0.2, 0) is 16.0 Å². The molecule has 0 amide bonds. The fraction of sp³-hybridized carbons (Fsp3) is 0.636. The summed E-state index contributed by atoms with van der Waals surface area (Å²) in [6.45, 7) is 3.85. The zero-order chi connectivity index (χ0) is 10.8. The Morgan fingerprint density at radius 2 is 2.27 bits per heavy atom. The van der Waals surface area contributed by atoms with Gasteiger partial charge in [0.2, 0.25) is 0 Å². The molecule has 0 aromatic carbocycles. The maximum absolute atomic E-state index is 5.38. The molecule has 0 aliphatic rings. The van der Waals surface area contributed by atoms with E-state index in [1.165, 1.54) is 0 Å². The van der Waals surface area contributed by atoms with Crippen molar-refractivity contribution in [2.75, 3.05) is 33.5 Å². The standard InChI is InChI=1S/C11H19NO3/c1-13-6-3-7-14-9-5-12-10-11-4-2-8-15-11/h2,4,8,12H,3,5-7,9-10H2,1H3. The summed E-state index contributed by atoms with van der Waals surface area (Å²) in [5.41, 5.74) is 0. The average molecular weight is 213 g/mol. The molecule has 1 aromatic heterocycles. The normalized spacial score (nSPS) is 10.7. The minimum absolute atomic E-state index is 0.727. The second-order valence-electron chi connectivity index (χ2n) is 3.21. The molecule has 0 spiro atoms. The van der Waals surface area contributed by atoms with E-state index < -0.39 is 0 Å². The van der Waals surface area contributed by atoms with Gasteiger partial charge in [-0.05, 0) is 18.6 Å². The highest BCUT2D eigenvalue weighted by atomic mass is 16.5. The Bertz CT molecular complexity index is 224. The molecule has 0 saturated carbocycles. The van der Waals surface area contributed by atoms with Gasteiger partial charge in [0, 0.05) is 26.9 Å². The number of hydrogen-bond donors (Lipinski definition) is 1. The van der Waals surface area contributed by atoms with Gasteiger partial charge in [-0.25, -0.2) is 0 Å². The molecule has 0 aliphatic carbocycles. The highest BCUT2D eigenvalue weighted by molar-refractivity contribution is 4.97. The lowest BCUT2D eigenvalue weighted by molar-refractivity contribution is 0.104. The quantitative estimate of drug-likeness (QED) is 0.630. The van der Waals surface area contributed by atoms with Gasteiger partial charge in [0.05, 0.1) is 19.4 Å². The molecule has 1 heterocycles. The Hall–Kier alpha value is -0.840. The number of methoxy groups -OCH3 is 1. The molecule has 1 aromatic rings. The van der Waals surface area contributed by atoms with Crippen molar-refractivity contribution in [1.82, 2.24) is 5.32 Å². The van der Waals surface area contributed by atoms with Gasteiger partial charge in [-0.15, -0.1) is 0 Å². The summed E-state index contributed by atoms with van der Waals surface area (Å²) in [6, 6.07) is 3.84. The third-order valence-electron chi connectivity index (χ3n) is 1.94. The largest absolute Gasteiger partial charge is 0.468 e. The molecule has 0 bridgehead atoms. The van der Waals surface area contributed by atoms with Crippen LogP contribution in [0.4, 0.5) is 0 Å². The van der Waals surface area contributed by atoms with Crippen LogP contribution in [0.1, 0.15) is 12.2 Å². The van der Waals surface area contributed by atoms with Crippen LogP contribution in [0.15, 0.2) is 22.8 Å². The van der Waals surface area contributed by atoms with Crippen molar-refractivity contribution in [1.29, 1.82) is 0 Å². The first-order chi connectivity index (χ1) is 7.43. The first-order valence-electron chi connectivity index (χ1n) is 5.23. The summed E-state index contributed by atoms with van der Waals surface area (Å²) >= 11 is 0. The Morgan fingerprint density at radius 3 is 3.00 bits per heavy atom. The van der Waals surface area contributed by atoms with Crippen LogP contribution in [0, 0.1) is 0 Å². The van der Waals surface area contributed by atoms with E-state index >= 15 is 0 Å². The molecule has 0 saturated heterocycles. The van der Waals surface area contributed by atoms with Gasteiger partial charge in [-0.2, -0.15) is 0 Å². The monoisotopic (exact) mass is 213 g/mol. The highest BCUT2D eigenvalue weighted by Crippen LogP contribution is 1.97. The Morgan fingerprint density at radius 1 is 1.33 bits per heavy atom. The first-order valence-corrected chi connectivity index (χ1v) is 5.23. The molecule has 0 fully saturated rings. The maximum Gasteiger partial charge on any atom is 0.117 e. The van der Waals surface area contributed by atoms with E-state index in [4.69, 9.17) is 13.9 Å². The molecule has 1 rings (SSSR count). The van der Waals surface area contributed by atoms with E-state index in [0.717, 1.165) is 45.1 Å². The van der Waals surface area contributed by atoms with Crippen LogP contribution in [0.3, 0.4) is 0 Å². The smallest absolute Gasteiger partial charge is 0.117 e. The second-order valence-corrected chi connectivity index (χ2v) is 3.21. The highest BCUT2D eigenvalue weighted by Gasteiger charge is 1.94. The third-order valence-corrected chi connectivity index (χ3v) is 1.94. The molecule has 4 heteroatoms. The molecule has 4 nitrogen and oxygen atoms in total. The van der Waals surface area contributed by atoms with Crippen molar-refractivity contribution < 1.29 is 13.9 Å². The average Bonchev–Trinajstić information content (AvgIpc) is 2.75.